The van der Waals surface area contributed by atoms with E-state index in [4.69, 9.17) is 0 Å². The first kappa shape index (κ1) is 10.1. The van der Waals surface area contributed by atoms with Gasteiger partial charge >= 0.3 is 0 Å². The average Bonchev–Trinajstić information content (AvgIpc) is 2.90. The van der Waals surface area contributed by atoms with E-state index in [1.165, 1.54) is 10.4 Å². The van der Waals surface area contributed by atoms with E-state index < -0.39 is 0 Å². The third-order valence-corrected chi connectivity index (χ3v) is 4.24. The summed E-state index contributed by atoms with van der Waals surface area (Å²) in [5.74, 6) is 0.357. The number of fused-ring (bicyclic) bond motifs is 1. The fourth-order valence-corrected chi connectivity index (χ4v) is 3.33. The Morgan fingerprint density at radius 2 is 2.06 bits per heavy atom. The van der Waals surface area contributed by atoms with Gasteiger partial charge in [0.2, 0.25) is 0 Å². The SMILES string of the molecule is OC1c2ccccc2CC1Cc1cccs1. The summed E-state index contributed by atoms with van der Waals surface area (Å²) in [6.07, 6.45) is 1.72. The summed E-state index contributed by atoms with van der Waals surface area (Å²) in [5, 5.41) is 12.3. The van der Waals surface area contributed by atoms with Gasteiger partial charge in [-0.2, -0.15) is 0 Å². The maximum absolute atomic E-state index is 10.2. The molecular weight excluding hydrogens is 216 g/mol. The molecule has 1 aliphatic rings. The first-order valence-electron chi connectivity index (χ1n) is 5.63. The molecule has 0 saturated heterocycles. The molecule has 2 unspecified atom stereocenters. The molecule has 2 aromatic rings. The van der Waals surface area contributed by atoms with Crippen LogP contribution in [0.4, 0.5) is 0 Å². The van der Waals surface area contributed by atoms with Crippen LogP contribution in [0.5, 0.6) is 0 Å². The Morgan fingerprint density at radius 3 is 2.81 bits per heavy atom. The lowest BCUT2D eigenvalue weighted by Crippen LogP contribution is -2.09. The molecule has 16 heavy (non-hydrogen) atoms. The van der Waals surface area contributed by atoms with Gasteiger partial charge in [0.05, 0.1) is 6.10 Å². The molecule has 0 fully saturated rings. The van der Waals surface area contributed by atoms with E-state index in [2.05, 4.69) is 35.7 Å². The van der Waals surface area contributed by atoms with Crippen LogP contribution in [-0.4, -0.2) is 5.11 Å². The summed E-state index contributed by atoms with van der Waals surface area (Å²) < 4.78 is 0. The highest BCUT2D eigenvalue weighted by Crippen LogP contribution is 2.38. The molecule has 0 spiro atoms. The Morgan fingerprint density at radius 1 is 1.19 bits per heavy atom. The third kappa shape index (κ3) is 1.68. The van der Waals surface area contributed by atoms with E-state index in [9.17, 15) is 5.11 Å². The summed E-state index contributed by atoms with van der Waals surface area (Å²) >= 11 is 1.78. The summed E-state index contributed by atoms with van der Waals surface area (Å²) in [4.78, 5) is 1.37. The molecule has 0 bridgehead atoms. The first-order chi connectivity index (χ1) is 7.84. The van der Waals surface area contributed by atoms with Gasteiger partial charge in [-0.05, 0) is 41.3 Å². The van der Waals surface area contributed by atoms with Crippen LogP contribution in [0.15, 0.2) is 41.8 Å². The minimum Gasteiger partial charge on any atom is -0.388 e. The van der Waals surface area contributed by atoms with Crippen LogP contribution in [0.2, 0.25) is 0 Å². The van der Waals surface area contributed by atoms with Gasteiger partial charge in [-0.1, -0.05) is 30.3 Å². The minimum absolute atomic E-state index is 0.279. The summed E-state index contributed by atoms with van der Waals surface area (Å²) in [6.45, 7) is 0. The molecule has 1 heterocycles. The molecule has 1 N–H and O–H groups in total. The standard InChI is InChI=1S/C14H14OS/c15-14-11(9-12-5-3-7-16-12)8-10-4-1-2-6-13(10)14/h1-7,11,14-15H,8-9H2. The molecule has 82 valence electrons. The topological polar surface area (TPSA) is 20.2 Å². The van der Waals surface area contributed by atoms with Gasteiger partial charge in [-0.15, -0.1) is 11.3 Å². The maximum Gasteiger partial charge on any atom is 0.0827 e. The van der Waals surface area contributed by atoms with Crippen molar-refractivity contribution in [3.05, 3.63) is 57.8 Å². The van der Waals surface area contributed by atoms with Crippen LogP contribution in [-0.2, 0) is 12.8 Å². The molecule has 3 rings (SSSR count). The molecule has 0 radical (unpaired) electrons. The molecule has 0 saturated carbocycles. The second kappa shape index (κ2) is 4.04. The second-order valence-corrected chi connectivity index (χ2v) is 5.42. The van der Waals surface area contributed by atoms with Gasteiger partial charge in [0, 0.05) is 4.88 Å². The Bertz CT molecular complexity index is 473. The number of aliphatic hydroxyl groups excluding tert-OH is 1. The predicted molar refractivity (Wildman–Crippen MR) is 66.6 cm³/mol. The largest absolute Gasteiger partial charge is 0.388 e. The van der Waals surface area contributed by atoms with E-state index in [-0.39, 0.29) is 6.10 Å². The molecular formula is C14H14OS. The summed E-state index contributed by atoms with van der Waals surface area (Å²) in [7, 11) is 0. The van der Waals surface area contributed by atoms with E-state index in [1.807, 2.05) is 6.07 Å². The fourth-order valence-electron chi connectivity index (χ4n) is 2.53. The van der Waals surface area contributed by atoms with Crippen LogP contribution in [0.3, 0.4) is 0 Å². The van der Waals surface area contributed by atoms with Crippen molar-refractivity contribution in [2.45, 2.75) is 18.9 Å². The van der Waals surface area contributed by atoms with Crippen molar-refractivity contribution in [2.24, 2.45) is 5.92 Å². The monoisotopic (exact) mass is 230 g/mol. The van der Waals surface area contributed by atoms with E-state index in [0.29, 0.717) is 5.92 Å². The van der Waals surface area contributed by atoms with Crippen molar-refractivity contribution >= 4 is 11.3 Å². The lowest BCUT2D eigenvalue weighted by Gasteiger charge is -2.13. The molecule has 1 aliphatic carbocycles. The highest BCUT2D eigenvalue weighted by atomic mass is 32.1. The Balaban J connectivity index is 1.82. The Kier molecular flexibility index (Phi) is 2.54. The van der Waals surface area contributed by atoms with Gasteiger partial charge in [-0.3, -0.25) is 0 Å². The number of rotatable bonds is 2. The van der Waals surface area contributed by atoms with Gasteiger partial charge in [0.25, 0.3) is 0 Å². The highest BCUT2D eigenvalue weighted by Gasteiger charge is 2.30. The van der Waals surface area contributed by atoms with E-state index >= 15 is 0 Å². The minimum atomic E-state index is -0.279. The van der Waals surface area contributed by atoms with Crippen LogP contribution in [0, 0.1) is 5.92 Å². The molecule has 0 amide bonds. The average molecular weight is 230 g/mol. The highest BCUT2D eigenvalue weighted by molar-refractivity contribution is 7.09. The second-order valence-electron chi connectivity index (χ2n) is 4.39. The van der Waals surface area contributed by atoms with Crippen molar-refractivity contribution in [1.82, 2.24) is 0 Å². The number of thiophene rings is 1. The smallest absolute Gasteiger partial charge is 0.0827 e. The van der Waals surface area contributed by atoms with Crippen molar-refractivity contribution in [2.75, 3.05) is 0 Å². The molecule has 1 nitrogen and oxygen atoms in total. The lowest BCUT2D eigenvalue weighted by atomic mass is 9.99. The molecule has 1 aromatic carbocycles. The summed E-state index contributed by atoms with van der Waals surface area (Å²) in [6, 6.07) is 12.5. The molecule has 2 atom stereocenters. The first-order valence-corrected chi connectivity index (χ1v) is 6.51. The van der Waals surface area contributed by atoms with Gasteiger partial charge in [-0.25, -0.2) is 0 Å². The van der Waals surface area contributed by atoms with E-state index in [0.717, 1.165) is 18.4 Å². The Hall–Kier alpha value is -1.12. The third-order valence-electron chi connectivity index (χ3n) is 3.35. The fraction of sp³-hybridized carbons (Fsp3) is 0.286. The van der Waals surface area contributed by atoms with Crippen LogP contribution >= 0.6 is 11.3 Å². The molecule has 0 aliphatic heterocycles. The zero-order valence-corrected chi connectivity index (χ0v) is 9.78. The van der Waals surface area contributed by atoms with Gasteiger partial charge in [0.1, 0.15) is 0 Å². The number of benzene rings is 1. The number of aliphatic hydroxyl groups is 1. The predicted octanol–water partition coefficient (Wildman–Crippen LogP) is 3.20. The van der Waals surface area contributed by atoms with Crippen molar-refractivity contribution < 1.29 is 5.11 Å². The van der Waals surface area contributed by atoms with Crippen molar-refractivity contribution in [1.29, 1.82) is 0 Å². The normalized spacial score (nSPS) is 23.3. The maximum atomic E-state index is 10.2. The molecule has 1 aromatic heterocycles. The van der Waals surface area contributed by atoms with Gasteiger partial charge in [0.15, 0.2) is 0 Å². The van der Waals surface area contributed by atoms with Crippen LogP contribution in [0.25, 0.3) is 0 Å². The van der Waals surface area contributed by atoms with Crippen LogP contribution < -0.4 is 0 Å². The molecule has 2 heteroatoms. The zero-order valence-electron chi connectivity index (χ0n) is 8.97. The number of hydrogen-bond acceptors (Lipinski definition) is 2. The van der Waals surface area contributed by atoms with Crippen molar-refractivity contribution in [3.63, 3.8) is 0 Å². The van der Waals surface area contributed by atoms with Crippen molar-refractivity contribution in [3.8, 4) is 0 Å². The number of hydrogen-bond donors (Lipinski definition) is 1. The zero-order chi connectivity index (χ0) is 11.0. The van der Waals surface area contributed by atoms with Crippen LogP contribution in [0.1, 0.15) is 22.1 Å². The van der Waals surface area contributed by atoms with E-state index in [1.54, 1.807) is 11.3 Å². The van der Waals surface area contributed by atoms with Gasteiger partial charge < -0.3 is 5.11 Å². The lowest BCUT2D eigenvalue weighted by molar-refractivity contribution is 0.124. The Labute approximate surface area is 99.4 Å². The summed E-state index contributed by atoms with van der Waals surface area (Å²) in [5.41, 5.74) is 2.45. The quantitative estimate of drug-likeness (QED) is 0.840.